The first-order chi connectivity index (χ1) is 9.88. The maximum absolute atomic E-state index is 11.5. The van der Waals surface area contributed by atoms with Gasteiger partial charge in [0, 0.05) is 16.1 Å². The van der Waals surface area contributed by atoms with Crippen LogP contribution in [0.15, 0.2) is 40.4 Å². The summed E-state index contributed by atoms with van der Waals surface area (Å²) < 4.78 is 10.6. The molecule has 0 aliphatic carbocycles. The zero-order valence-corrected chi connectivity index (χ0v) is 12.8. The normalized spacial score (nSPS) is 10.9. The maximum Gasteiger partial charge on any atom is 0.333 e. The van der Waals surface area contributed by atoms with E-state index in [9.17, 15) is 14.4 Å². The number of carbonyl (C=O) groups is 3. The molecule has 21 heavy (non-hydrogen) atoms. The van der Waals surface area contributed by atoms with Crippen molar-refractivity contribution in [3.05, 3.63) is 40.4 Å². The van der Waals surface area contributed by atoms with E-state index in [4.69, 9.17) is 14.6 Å². The molecule has 1 aromatic rings. The minimum Gasteiger partial charge on any atom is -0.478 e. The van der Waals surface area contributed by atoms with Crippen molar-refractivity contribution in [2.75, 3.05) is 6.61 Å². The summed E-state index contributed by atoms with van der Waals surface area (Å²) in [7, 11) is 0. The van der Waals surface area contributed by atoms with E-state index in [1.165, 1.54) is 6.92 Å². The number of hydrogen-bond donors (Lipinski definition) is 1. The van der Waals surface area contributed by atoms with Gasteiger partial charge in [-0.15, -0.1) is 0 Å². The Morgan fingerprint density at radius 1 is 1.24 bits per heavy atom. The zero-order chi connectivity index (χ0) is 15.8. The summed E-state index contributed by atoms with van der Waals surface area (Å²) in [6, 6.07) is 6.69. The Balaban J connectivity index is 2.35. The molecule has 0 saturated heterocycles. The first-order valence-corrected chi connectivity index (χ1v) is 6.72. The number of rotatable bonds is 6. The molecule has 0 aliphatic rings. The van der Waals surface area contributed by atoms with E-state index in [0.717, 1.165) is 10.5 Å². The van der Waals surface area contributed by atoms with Crippen LogP contribution in [0.2, 0.25) is 0 Å². The number of hydrogen-bond acceptors (Lipinski definition) is 5. The Labute approximate surface area is 129 Å². The van der Waals surface area contributed by atoms with Gasteiger partial charge in [0.15, 0.2) is 0 Å². The molecule has 6 nitrogen and oxygen atoms in total. The third kappa shape index (κ3) is 6.71. The van der Waals surface area contributed by atoms with Crippen molar-refractivity contribution in [3.8, 4) is 5.75 Å². The molecule has 112 valence electrons. The molecule has 1 N–H and O–H groups in total. The Morgan fingerprint density at radius 2 is 1.86 bits per heavy atom. The molecule has 7 heteroatoms. The fraction of sp³-hybridized carbons (Fsp3) is 0.214. The lowest BCUT2D eigenvalue weighted by Crippen LogP contribution is -2.14. The lowest BCUT2D eigenvalue weighted by atomic mass is 10.3. The van der Waals surface area contributed by atoms with E-state index < -0.39 is 17.9 Å². The number of carbonyl (C=O) groups excluding carboxylic acids is 2. The highest BCUT2D eigenvalue weighted by Gasteiger charge is 2.10. The highest BCUT2D eigenvalue weighted by atomic mass is 79.9. The van der Waals surface area contributed by atoms with Crippen molar-refractivity contribution in [2.45, 2.75) is 13.3 Å². The molecule has 0 spiro atoms. The predicted molar refractivity (Wildman–Crippen MR) is 76.7 cm³/mol. The second kappa shape index (κ2) is 8.21. The van der Waals surface area contributed by atoms with Crippen LogP contribution >= 0.6 is 15.9 Å². The average molecular weight is 357 g/mol. The fourth-order valence-electron chi connectivity index (χ4n) is 1.27. The summed E-state index contributed by atoms with van der Waals surface area (Å²) in [6.07, 6.45) is 0.616. The van der Waals surface area contributed by atoms with Gasteiger partial charge in [-0.25, -0.2) is 9.59 Å². The number of carboxylic acids is 1. The second-order valence-corrected chi connectivity index (χ2v) is 4.90. The topological polar surface area (TPSA) is 89.9 Å². The molecule has 0 amide bonds. The number of ether oxygens (including phenoxy) is 2. The molecule has 0 fully saturated rings. The largest absolute Gasteiger partial charge is 0.478 e. The monoisotopic (exact) mass is 356 g/mol. The maximum atomic E-state index is 11.5. The molecule has 0 atom stereocenters. The Kier molecular flexibility index (Phi) is 6.61. The third-order valence-corrected chi connectivity index (χ3v) is 2.78. The lowest BCUT2D eigenvalue weighted by Gasteiger charge is -2.06. The van der Waals surface area contributed by atoms with Crippen LogP contribution < -0.4 is 4.74 Å². The highest BCUT2D eigenvalue weighted by molar-refractivity contribution is 9.10. The standard InChI is InChI=1S/C14H13BrO6/c1-9(8-12(16)17)14(19)20-7-6-13(18)21-11-4-2-10(15)3-5-11/h2-5,8H,6-7H2,1H3,(H,16,17)/b9-8-. The van der Waals surface area contributed by atoms with Crippen LogP contribution in [0.5, 0.6) is 5.75 Å². The average Bonchev–Trinajstić information content (AvgIpc) is 2.40. The predicted octanol–water partition coefficient (Wildman–Crippen LogP) is 2.32. The molecule has 1 rings (SSSR count). The van der Waals surface area contributed by atoms with Gasteiger partial charge in [-0.05, 0) is 31.2 Å². The molecular weight excluding hydrogens is 344 g/mol. The van der Waals surface area contributed by atoms with Gasteiger partial charge in [-0.3, -0.25) is 4.79 Å². The smallest absolute Gasteiger partial charge is 0.333 e. The first kappa shape index (κ1) is 16.9. The van der Waals surface area contributed by atoms with Gasteiger partial charge < -0.3 is 14.6 Å². The highest BCUT2D eigenvalue weighted by Crippen LogP contribution is 2.16. The van der Waals surface area contributed by atoms with E-state index in [2.05, 4.69) is 15.9 Å². The fourth-order valence-corrected chi connectivity index (χ4v) is 1.53. The molecule has 0 unspecified atom stereocenters. The number of carboxylic acid groups (broad SMARTS) is 1. The minimum absolute atomic E-state index is 0.0521. The number of halogens is 1. The van der Waals surface area contributed by atoms with Crippen molar-refractivity contribution in [1.82, 2.24) is 0 Å². The molecule has 0 aromatic heterocycles. The van der Waals surface area contributed by atoms with E-state index >= 15 is 0 Å². The van der Waals surface area contributed by atoms with Crippen LogP contribution in [-0.4, -0.2) is 29.6 Å². The second-order valence-electron chi connectivity index (χ2n) is 3.98. The molecule has 0 radical (unpaired) electrons. The van der Waals surface area contributed by atoms with E-state index in [1.54, 1.807) is 24.3 Å². The quantitative estimate of drug-likeness (QED) is 0.477. The molecule has 1 aromatic carbocycles. The van der Waals surface area contributed by atoms with Crippen molar-refractivity contribution in [2.24, 2.45) is 0 Å². The number of aliphatic carboxylic acids is 1. The van der Waals surface area contributed by atoms with Crippen LogP contribution in [0.3, 0.4) is 0 Å². The van der Waals surface area contributed by atoms with Crippen molar-refractivity contribution >= 4 is 33.8 Å². The minimum atomic E-state index is -1.24. The summed E-state index contributed by atoms with van der Waals surface area (Å²) in [5, 5.41) is 8.47. The lowest BCUT2D eigenvalue weighted by molar-refractivity contribution is -0.143. The van der Waals surface area contributed by atoms with E-state index in [1.807, 2.05) is 0 Å². The van der Waals surface area contributed by atoms with Crippen LogP contribution in [0.25, 0.3) is 0 Å². The van der Waals surface area contributed by atoms with Crippen LogP contribution in [-0.2, 0) is 19.1 Å². The summed E-state index contributed by atoms with van der Waals surface area (Å²) in [4.78, 5) is 33.2. The molecule has 0 heterocycles. The van der Waals surface area contributed by atoms with Crippen molar-refractivity contribution < 1.29 is 29.0 Å². The Morgan fingerprint density at radius 3 is 2.43 bits per heavy atom. The van der Waals surface area contributed by atoms with Crippen molar-refractivity contribution in [1.29, 1.82) is 0 Å². The molecular formula is C14H13BrO6. The van der Waals surface area contributed by atoms with Gasteiger partial charge >= 0.3 is 17.9 Å². The number of benzene rings is 1. The van der Waals surface area contributed by atoms with Gasteiger partial charge in [0.25, 0.3) is 0 Å². The summed E-state index contributed by atoms with van der Waals surface area (Å²) >= 11 is 3.25. The summed E-state index contributed by atoms with van der Waals surface area (Å²) in [5.74, 6) is -2.19. The van der Waals surface area contributed by atoms with E-state index in [-0.39, 0.29) is 18.6 Å². The summed E-state index contributed by atoms with van der Waals surface area (Å²) in [6.45, 7) is 1.13. The van der Waals surface area contributed by atoms with Crippen LogP contribution in [0.4, 0.5) is 0 Å². The Bertz CT molecular complexity index is 561. The van der Waals surface area contributed by atoms with Crippen LogP contribution in [0, 0.1) is 0 Å². The zero-order valence-electron chi connectivity index (χ0n) is 11.2. The van der Waals surface area contributed by atoms with Gasteiger partial charge in [-0.2, -0.15) is 0 Å². The SMILES string of the molecule is C/C(=C/C(=O)O)C(=O)OCCC(=O)Oc1ccc(Br)cc1. The van der Waals surface area contributed by atoms with Crippen LogP contribution in [0.1, 0.15) is 13.3 Å². The van der Waals surface area contributed by atoms with Gasteiger partial charge in [0.2, 0.25) is 0 Å². The van der Waals surface area contributed by atoms with Crippen molar-refractivity contribution in [3.63, 3.8) is 0 Å². The van der Waals surface area contributed by atoms with Gasteiger partial charge in [0.05, 0.1) is 6.42 Å². The number of esters is 2. The summed E-state index contributed by atoms with van der Waals surface area (Å²) in [5.41, 5.74) is -0.0521. The first-order valence-electron chi connectivity index (χ1n) is 5.93. The van der Waals surface area contributed by atoms with Gasteiger partial charge in [0.1, 0.15) is 12.4 Å². The molecule has 0 saturated carbocycles. The third-order valence-electron chi connectivity index (χ3n) is 2.25. The Hall–Kier alpha value is -2.15. The molecule has 0 bridgehead atoms. The molecule has 0 aliphatic heterocycles. The van der Waals surface area contributed by atoms with E-state index in [0.29, 0.717) is 5.75 Å². The van der Waals surface area contributed by atoms with Gasteiger partial charge in [-0.1, -0.05) is 15.9 Å².